The molecule has 5 nitrogen and oxygen atoms in total. The van der Waals surface area contributed by atoms with E-state index in [1.54, 1.807) is 12.4 Å². The molecule has 2 heterocycles. The molecule has 2 fully saturated rings. The first kappa shape index (κ1) is 13.3. The first-order valence-corrected chi connectivity index (χ1v) is 7.53. The minimum atomic E-state index is -0.174. The quantitative estimate of drug-likeness (QED) is 0.920. The first-order valence-electron chi connectivity index (χ1n) is 6.74. The standard InChI is InChI=1S/C13H18BrN3O2/c1-2-18-11-6-10(13(11)4-3-5-19-13)17-12-15-7-9(14)8-16-12/h7-8,10-11H,2-6H2,1H3,(H,15,16,17)/t10-,11+,13+/m0/s1. The molecule has 0 aromatic carbocycles. The molecule has 6 heteroatoms. The second-order valence-corrected chi connectivity index (χ2v) is 5.92. The van der Waals surface area contributed by atoms with Gasteiger partial charge in [-0.25, -0.2) is 9.97 Å². The van der Waals surface area contributed by atoms with Gasteiger partial charge in [-0.2, -0.15) is 0 Å². The molecule has 1 aromatic heterocycles. The molecule has 3 atom stereocenters. The molecule has 0 radical (unpaired) electrons. The molecule has 0 unspecified atom stereocenters. The summed E-state index contributed by atoms with van der Waals surface area (Å²) in [6.07, 6.45) is 6.79. The Hall–Kier alpha value is -0.720. The van der Waals surface area contributed by atoms with Crippen LogP contribution >= 0.6 is 15.9 Å². The van der Waals surface area contributed by atoms with Crippen LogP contribution in [0.1, 0.15) is 26.2 Å². The monoisotopic (exact) mass is 327 g/mol. The van der Waals surface area contributed by atoms with E-state index in [2.05, 4.69) is 31.2 Å². The molecule has 104 valence electrons. The molecular formula is C13H18BrN3O2. The Balaban J connectivity index is 1.70. The molecule has 0 amide bonds. The van der Waals surface area contributed by atoms with Crippen LogP contribution in [0.2, 0.25) is 0 Å². The minimum Gasteiger partial charge on any atom is -0.375 e. The van der Waals surface area contributed by atoms with Crippen LogP contribution in [0.15, 0.2) is 16.9 Å². The molecule has 0 bridgehead atoms. The summed E-state index contributed by atoms with van der Waals surface area (Å²) in [6.45, 7) is 3.58. The van der Waals surface area contributed by atoms with Gasteiger partial charge in [0, 0.05) is 25.6 Å². The van der Waals surface area contributed by atoms with Crippen molar-refractivity contribution in [2.75, 3.05) is 18.5 Å². The van der Waals surface area contributed by atoms with Gasteiger partial charge in [-0.15, -0.1) is 0 Å². The zero-order valence-corrected chi connectivity index (χ0v) is 12.5. The van der Waals surface area contributed by atoms with E-state index in [0.717, 1.165) is 36.9 Å². The van der Waals surface area contributed by atoms with Gasteiger partial charge >= 0.3 is 0 Å². The lowest BCUT2D eigenvalue weighted by Crippen LogP contribution is -2.66. The summed E-state index contributed by atoms with van der Waals surface area (Å²) in [5.41, 5.74) is -0.174. The average Bonchev–Trinajstić information content (AvgIpc) is 2.92. The molecule has 1 aromatic rings. The number of anilines is 1. The fraction of sp³-hybridized carbons (Fsp3) is 0.692. The number of hydrogen-bond donors (Lipinski definition) is 1. The van der Waals surface area contributed by atoms with E-state index >= 15 is 0 Å². The van der Waals surface area contributed by atoms with Crippen LogP contribution in [-0.4, -0.2) is 40.9 Å². The van der Waals surface area contributed by atoms with Crippen molar-refractivity contribution in [3.05, 3.63) is 16.9 Å². The Morgan fingerprint density at radius 1 is 1.53 bits per heavy atom. The lowest BCUT2D eigenvalue weighted by atomic mass is 9.70. The van der Waals surface area contributed by atoms with E-state index in [-0.39, 0.29) is 17.7 Å². The maximum Gasteiger partial charge on any atom is 0.222 e. The maximum atomic E-state index is 6.00. The molecule has 3 rings (SSSR count). The van der Waals surface area contributed by atoms with Crippen LogP contribution in [0.4, 0.5) is 5.95 Å². The smallest absolute Gasteiger partial charge is 0.222 e. The van der Waals surface area contributed by atoms with E-state index in [1.165, 1.54) is 0 Å². The van der Waals surface area contributed by atoms with Crippen molar-refractivity contribution >= 4 is 21.9 Å². The summed E-state index contributed by atoms with van der Waals surface area (Å²) in [5, 5.41) is 3.38. The highest BCUT2D eigenvalue weighted by Crippen LogP contribution is 2.46. The molecule has 1 aliphatic carbocycles. The Bertz CT molecular complexity index is 434. The number of rotatable bonds is 4. The molecule has 1 saturated carbocycles. The highest BCUT2D eigenvalue weighted by molar-refractivity contribution is 9.10. The Labute approximate surface area is 121 Å². The second kappa shape index (κ2) is 5.34. The van der Waals surface area contributed by atoms with Crippen LogP contribution < -0.4 is 5.32 Å². The van der Waals surface area contributed by atoms with Crippen LogP contribution in [0, 0.1) is 0 Å². The first-order chi connectivity index (χ1) is 9.24. The second-order valence-electron chi connectivity index (χ2n) is 5.01. The van der Waals surface area contributed by atoms with E-state index in [0.29, 0.717) is 5.95 Å². The molecule has 1 saturated heterocycles. The normalized spacial score (nSPS) is 33.4. The molecule has 2 aliphatic rings. The van der Waals surface area contributed by atoms with Gasteiger partial charge < -0.3 is 14.8 Å². The van der Waals surface area contributed by atoms with Crippen LogP contribution in [-0.2, 0) is 9.47 Å². The third-order valence-corrected chi connectivity index (χ3v) is 4.37. The summed E-state index contributed by atoms with van der Waals surface area (Å²) in [5.74, 6) is 0.651. The number of halogens is 1. The topological polar surface area (TPSA) is 56.3 Å². The number of hydrogen-bond acceptors (Lipinski definition) is 5. The van der Waals surface area contributed by atoms with Crippen molar-refractivity contribution in [3.63, 3.8) is 0 Å². The van der Waals surface area contributed by atoms with Crippen molar-refractivity contribution in [2.45, 2.75) is 43.9 Å². The third-order valence-electron chi connectivity index (χ3n) is 3.96. The summed E-state index contributed by atoms with van der Waals surface area (Å²) in [7, 11) is 0. The zero-order valence-electron chi connectivity index (χ0n) is 10.9. The van der Waals surface area contributed by atoms with E-state index in [9.17, 15) is 0 Å². The summed E-state index contributed by atoms with van der Waals surface area (Å²) >= 11 is 3.34. The van der Waals surface area contributed by atoms with Crippen molar-refractivity contribution < 1.29 is 9.47 Å². The van der Waals surface area contributed by atoms with Gasteiger partial charge in [-0.05, 0) is 42.1 Å². The number of aromatic nitrogens is 2. The third kappa shape index (κ3) is 2.37. The Morgan fingerprint density at radius 3 is 2.95 bits per heavy atom. The van der Waals surface area contributed by atoms with Crippen molar-refractivity contribution in [2.24, 2.45) is 0 Å². The number of ether oxygens (including phenoxy) is 2. The van der Waals surface area contributed by atoms with Gasteiger partial charge in [0.2, 0.25) is 5.95 Å². The predicted octanol–water partition coefficient (Wildman–Crippen LogP) is 2.38. The van der Waals surface area contributed by atoms with Crippen LogP contribution in [0.25, 0.3) is 0 Å². The van der Waals surface area contributed by atoms with Gasteiger partial charge in [0.1, 0.15) is 5.60 Å². The highest BCUT2D eigenvalue weighted by Gasteiger charge is 2.58. The molecular weight excluding hydrogens is 310 g/mol. The number of nitrogens with zero attached hydrogens (tertiary/aromatic N) is 2. The lowest BCUT2D eigenvalue weighted by Gasteiger charge is -2.52. The van der Waals surface area contributed by atoms with E-state index in [1.807, 2.05) is 6.92 Å². The van der Waals surface area contributed by atoms with Gasteiger partial charge in [0.05, 0.1) is 16.6 Å². The molecule has 19 heavy (non-hydrogen) atoms. The van der Waals surface area contributed by atoms with Crippen molar-refractivity contribution in [1.29, 1.82) is 0 Å². The van der Waals surface area contributed by atoms with Gasteiger partial charge in [-0.1, -0.05) is 0 Å². The van der Waals surface area contributed by atoms with E-state index < -0.39 is 0 Å². The largest absolute Gasteiger partial charge is 0.375 e. The zero-order chi connectivity index (χ0) is 13.3. The fourth-order valence-electron chi connectivity index (χ4n) is 3.02. The summed E-state index contributed by atoms with van der Waals surface area (Å²) in [6, 6.07) is 0.243. The highest BCUT2D eigenvalue weighted by atomic mass is 79.9. The summed E-state index contributed by atoms with van der Waals surface area (Å²) in [4.78, 5) is 8.52. The predicted molar refractivity (Wildman–Crippen MR) is 75.1 cm³/mol. The molecule has 1 aliphatic heterocycles. The molecule has 1 N–H and O–H groups in total. The average molecular weight is 328 g/mol. The van der Waals surface area contributed by atoms with Crippen LogP contribution in [0.5, 0.6) is 0 Å². The van der Waals surface area contributed by atoms with Gasteiger partial charge in [0.25, 0.3) is 0 Å². The fourth-order valence-corrected chi connectivity index (χ4v) is 3.23. The SMILES string of the molecule is CCO[C@@H]1C[C@H](Nc2ncc(Br)cn2)[C@]12CCCO2. The summed E-state index contributed by atoms with van der Waals surface area (Å²) < 4.78 is 12.7. The molecule has 1 spiro atoms. The van der Waals surface area contributed by atoms with Gasteiger partial charge in [-0.3, -0.25) is 0 Å². The van der Waals surface area contributed by atoms with Crippen molar-refractivity contribution in [1.82, 2.24) is 9.97 Å². The number of nitrogens with one attached hydrogen (secondary N) is 1. The van der Waals surface area contributed by atoms with Gasteiger partial charge in [0.15, 0.2) is 0 Å². The Kier molecular flexibility index (Phi) is 3.73. The van der Waals surface area contributed by atoms with E-state index in [4.69, 9.17) is 9.47 Å². The lowest BCUT2D eigenvalue weighted by molar-refractivity contribution is -0.184. The minimum absolute atomic E-state index is 0.174. The Morgan fingerprint density at radius 2 is 2.32 bits per heavy atom. The van der Waals surface area contributed by atoms with Crippen molar-refractivity contribution in [3.8, 4) is 0 Å². The van der Waals surface area contributed by atoms with Crippen LogP contribution in [0.3, 0.4) is 0 Å². The maximum absolute atomic E-state index is 6.00.